The van der Waals surface area contributed by atoms with Crippen LogP contribution in [0.15, 0.2) is 42.5 Å². The van der Waals surface area contributed by atoms with Gasteiger partial charge in [-0.1, -0.05) is 69.7 Å². The van der Waals surface area contributed by atoms with E-state index in [1.807, 2.05) is 0 Å². The summed E-state index contributed by atoms with van der Waals surface area (Å²) in [4.78, 5) is 15.6. The Bertz CT molecular complexity index is 770. The number of hydrogen-bond donors (Lipinski definition) is 0. The van der Waals surface area contributed by atoms with Crippen molar-refractivity contribution in [1.82, 2.24) is 4.90 Å². The number of hydrogen-bond acceptors (Lipinski definition) is 3. The lowest BCUT2D eigenvalue weighted by atomic mass is 9.64. The number of fused-ring (bicyclic) bond motifs is 5. The molecule has 0 amide bonds. The summed E-state index contributed by atoms with van der Waals surface area (Å²) in [7, 11) is 0. The zero-order valence-electron chi connectivity index (χ0n) is 16.7. The van der Waals surface area contributed by atoms with Crippen LogP contribution in [0.5, 0.6) is 0 Å². The molecule has 5 rings (SSSR count). The zero-order valence-corrected chi connectivity index (χ0v) is 16.7. The molecule has 0 spiro atoms. The number of piperidine rings is 1. The molecule has 2 bridgehead atoms. The minimum Gasteiger partial charge on any atom is -0.461 e. The summed E-state index contributed by atoms with van der Waals surface area (Å²) >= 11 is 0. The van der Waals surface area contributed by atoms with E-state index in [2.05, 4.69) is 68.2 Å². The molecule has 3 heteroatoms. The van der Waals surface area contributed by atoms with Crippen molar-refractivity contribution in [1.29, 1.82) is 0 Å². The summed E-state index contributed by atoms with van der Waals surface area (Å²) < 4.78 is 6.35. The summed E-state index contributed by atoms with van der Waals surface area (Å²) in [6.07, 6.45) is 9.00. The van der Waals surface area contributed by atoms with Gasteiger partial charge in [0.15, 0.2) is 0 Å². The Hall–Kier alpha value is -1.61. The average molecular weight is 366 g/mol. The Kier molecular flexibility index (Phi) is 3.85. The van der Waals surface area contributed by atoms with E-state index in [-0.39, 0.29) is 23.0 Å². The van der Waals surface area contributed by atoms with E-state index in [4.69, 9.17) is 4.74 Å². The Morgan fingerprint density at radius 3 is 2.63 bits per heavy atom. The summed E-state index contributed by atoms with van der Waals surface area (Å²) in [5.74, 6) is 1.42. The largest absolute Gasteiger partial charge is 0.461 e. The highest BCUT2D eigenvalue weighted by Crippen LogP contribution is 2.56. The van der Waals surface area contributed by atoms with Gasteiger partial charge in [-0.05, 0) is 36.2 Å². The Morgan fingerprint density at radius 2 is 1.93 bits per heavy atom. The molecule has 1 aromatic carbocycles. The maximum absolute atomic E-state index is 13.3. The van der Waals surface area contributed by atoms with Gasteiger partial charge < -0.3 is 4.74 Å². The van der Waals surface area contributed by atoms with Crippen molar-refractivity contribution >= 4 is 5.97 Å². The van der Waals surface area contributed by atoms with Crippen LogP contribution in [0, 0.1) is 17.8 Å². The van der Waals surface area contributed by atoms with Crippen molar-refractivity contribution in [3.05, 3.63) is 48.0 Å². The molecule has 7 atom stereocenters. The third-order valence-corrected chi connectivity index (χ3v) is 8.01. The fourth-order valence-electron chi connectivity index (χ4n) is 6.17. The molecule has 2 heterocycles. The first-order valence-corrected chi connectivity index (χ1v) is 10.6. The summed E-state index contributed by atoms with van der Waals surface area (Å²) in [6, 6.07) is 11.2. The van der Waals surface area contributed by atoms with Gasteiger partial charge in [0.1, 0.15) is 11.6 Å². The lowest BCUT2D eigenvalue weighted by Crippen LogP contribution is -2.46. The third-order valence-electron chi connectivity index (χ3n) is 8.01. The summed E-state index contributed by atoms with van der Waals surface area (Å²) in [6.45, 7) is 7.84. The second-order valence-electron chi connectivity index (χ2n) is 9.90. The van der Waals surface area contributed by atoms with Crippen molar-refractivity contribution in [2.24, 2.45) is 17.8 Å². The molecule has 3 nitrogen and oxygen atoms in total. The Labute approximate surface area is 162 Å². The molecule has 1 unspecified atom stereocenters. The molecule has 3 fully saturated rings. The van der Waals surface area contributed by atoms with Crippen LogP contribution >= 0.6 is 0 Å². The number of esters is 1. The molecular weight excluding hydrogens is 334 g/mol. The smallest absolute Gasteiger partial charge is 0.328 e. The second kappa shape index (κ2) is 5.94. The average Bonchev–Trinajstić information content (AvgIpc) is 3.16. The SMILES string of the molecule is C[C@@H]1CC[C@@H](C(C)(C)c2ccccc2)[C@H](OC(=O)[C@]23CN2[C@H]2C=C[C@@H]3C2)C1. The molecule has 1 saturated carbocycles. The van der Waals surface area contributed by atoms with Crippen LogP contribution in [0.2, 0.25) is 0 Å². The van der Waals surface area contributed by atoms with E-state index >= 15 is 0 Å². The van der Waals surface area contributed by atoms with Crippen LogP contribution in [-0.4, -0.2) is 35.1 Å². The third kappa shape index (κ3) is 2.54. The van der Waals surface area contributed by atoms with Crippen molar-refractivity contribution in [3.8, 4) is 0 Å². The quantitative estimate of drug-likeness (QED) is 0.452. The number of carbonyl (C=O) groups excluding carboxylic acids is 1. The molecule has 4 aliphatic rings. The molecule has 0 radical (unpaired) electrons. The molecule has 0 aromatic heterocycles. The van der Waals surface area contributed by atoms with E-state index in [9.17, 15) is 4.79 Å². The molecule has 2 aliphatic heterocycles. The number of rotatable bonds is 4. The predicted molar refractivity (Wildman–Crippen MR) is 106 cm³/mol. The van der Waals surface area contributed by atoms with E-state index in [1.54, 1.807) is 0 Å². The van der Waals surface area contributed by atoms with Gasteiger partial charge in [-0.2, -0.15) is 0 Å². The molecule has 2 aliphatic carbocycles. The second-order valence-corrected chi connectivity index (χ2v) is 9.90. The molecule has 1 aromatic rings. The maximum atomic E-state index is 13.3. The minimum atomic E-state index is -0.318. The van der Waals surface area contributed by atoms with Gasteiger partial charge >= 0.3 is 5.97 Å². The Morgan fingerprint density at radius 1 is 1.15 bits per heavy atom. The van der Waals surface area contributed by atoms with E-state index in [0.717, 1.165) is 25.8 Å². The summed E-state index contributed by atoms with van der Waals surface area (Å²) in [5.41, 5.74) is 1.03. The molecule has 0 N–H and O–H groups in total. The van der Waals surface area contributed by atoms with Crippen LogP contribution in [0.1, 0.15) is 52.0 Å². The Balaban J connectivity index is 1.38. The maximum Gasteiger partial charge on any atom is 0.328 e. The summed E-state index contributed by atoms with van der Waals surface area (Å²) in [5, 5.41) is 0. The lowest BCUT2D eigenvalue weighted by Gasteiger charge is -2.44. The van der Waals surface area contributed by atoms with Gasteiger partial charge in [0.05, 0.1) is 0 Å². The van der Waals surface area contributed by atoms with Gasteiger partial charge in [-0.25, -0.2) is 4.79 Å². The molecule has 27 heavy (non-hydrogen) atoms. The van der Waals surface area contributed by atoms with Crippen LogP contribution in [0.25, 0.3) is 0 Å². The standard InChI is InChI=1S/C24H31NO2/c1-16-9-12-20(23(2,3)17-7-5-4-6-8-17)21(13-16)27-22(26)24-15-25(24)19-11-10-18(24)14-19/h4-8,10-11,16,18-21H,9,12-15H2,1-3H3/t16-,18-,19+,20-,21-,24-,25?/m1/s1. The minimum absolute atomic E-state index is 0.00182. The van der Waals surface area contributed by atoms with Gasteiger partial charge in [-0.15, -0.1) is 0 Å². The number of benzene rings is 1. The zero-order chi connectivity index (χ0) is 18.8. The monoisotopic (exact) mass is 365 g/mol. The fraction of sp³-hybridized carbons (Fsp3) is 0.625. The van der Waals surface area contributed by atoms with E-state index < -0.39 is 0 Å². The number of carbonyl (C=O) groups is 1. The number of ether oxygens (including phenoxy) is 1. The van der Waals surface area contributed by atoms with Crippen molar-refractivity contribution in [3.63, 3.8) is 0 Å². The van der Waals surface area contributed by atoms with Gasteiger partial charge in [0.2, 0.25) is 0 Å². The van der Waals surface area contributed by atoms with Crippen molar-refractivity contribution in [2.45, 2.75) is 69.6 Å². The molecule has 144 valence electrons. The van der Waals surface area contributed by atoms with Crippen molar-refractivity contribution in [2.75, 3.05) is 6.54 Å². The van der Waals surface area contributed by atoms with Gasteiger partial charge in [0.25, 0.3) is 0 Å². The molecular formula is C24H31NO2. The van der Waals surface area contributed by atoms with Crippen LogP contribution < -0.4 is 0 Å². The van der Waals surface area contributed by atoms with Crippen LogP contribution in [0.4, 0.5) is 0 Å². The van der Waals surface area contributed by atoms with E-state index in [1.165, 1.54) is 12.0 Å². The van der Waals surface area contributed by atoms with Crippen LogP contribution in [0.3, 0.4) is 0 Å². The number of nitrogens with zero attached hydrogens (tertiary/aromatic N) is 1. The molecule has 2 saturated heterocycles. The van der Waals surface area contributed by atoms with Crippen LogP contribution in [-0.2, 0) is 14.9 Å². The lowest BCUT2D eigenvalue weighted by molar-refractivity contribution is -0.161. The van der Waals surface area contributed by atoms with Gasteiger partial charge in [-0.3, -0.25) is 4.90 Å². The van der Waals surface area contributed by atoms with E-state index in [0.29, 0.717) is 23.8 Å². The topological polar surface area (TPSA) is 29.3 Å². The highest BCUT2D eigenvalue weighted by molar-refractivity contribution is 5.87. The first-order chi connectivity index (χ1) is 12.9. The first-order valence-electron chi connectivity index (χ1n) is 10.6. The van der Waals surface area contributed by atoms with Gasteiger partial charge in [0, 0.05) is 24.4 Å². The predicted octanol–water partition coefficient (Wildman–Crippen LogP) is 4.32. The fourth-order valence-corrected chi connectivity index (χ4v) is 6.17. The van der Waals surface area contributed by atoms with Crippen molar-refractivity contribution < 1.29 is 9.53 Å². The first kappa shape index (κ1) is 17.5. The highest BCUT2D eigenvalue weighted by Gasteiger charge is 2.71. The normalized spacial score (nSPS) is 42.0. The highest BCUT2D eigenvalue weighted by atomic mass is 16.5.